The van der Waals surface area contributed by atoms with Crippen LogP contribution in [0.1, 0.15) is 10.5 Å². The minimum atomic E-state index is -1.03. The van der Waals surface area contributed by atoms with Gasteiger partial charge in [0.25, 0.3) is 5.91 Å². The molecule has 0 radical (unpaired) electrons. The third kappa shape index (κ3) is 4.01. The van der Waals surface area contributed by atoms with Crippen LogP contribution in [0.3, 0.4) is 0 Å². The van der Waals surface area contributed by atoms with Crippen LogP contribution in [0.5, 0.6) is 5.75 Å². The van der Waals surface area contributed by atoms with E-state index in [-0.39, 0.29) is 24.8 Å². The van der Waals surface area contributed by atoms with Crippen LogP contribution in [0.4, 0.5) is 8.78 Å². The molecular formula is C14H15F2N3O3. The molecule has 118 valence electrons. The van der Waals surface area contributed by atoms with Gasteiger partial charge >= 0.3 is 0 Å². The summed E-state index contributed by atoms with van der Waals surface area (Å²) in [6.07, 6.45) is 0.489. The van der Waals surface area contributed by atoms with Crippen molar-refractivity contribution in [3.8, 4) is 5.75 Å². The molecule has 0 fully saturated rings. The number of nitrogens with zero attached hydrogens (tertiary/aromatic N) is 2. The predicted molar refractivity (Wildman–Crippen MR) is 73.4 cm³/mol. The van der Waals surface area contributed by atoms with Gasteiger partial charge in [-0.1, -0.05) is 0 Å². The van der Waals surface area contributed by atoms with Gasteiger partial charge in [0, 0.05) is 25.9 Å². The molecule has 0 spiro atoms. The van der Waals surface area contributed by atoms with Crippen LogP contribution < -0.4 is 10.1 Å². The number of benzene rings is 1. The minimum Gasteiger partial charge on any atom is -0.491 e. The highest BCUT2D eigenvalue weighted by atomic mass is 19.2. The second-order valence-corrected chi connectivity index (χ2v) is 4.59. The predicted octanol–water partition coefficient (Wildman–Crippen LogP) is 0.868. The van der Waals surface area contributed by atoms with Crippen molar-refractivity contribution < 1.29 is 23.4 Å². The third-order valence-corrected chi connectivity index (χ3v) is 2.89. The van der Waals surface area contributed by atoms with Crippen LogP contribution in [0.2, 0.25) is 0 Å². The second-order valence-electron chi connectivity index (χ2n) is 4.59. The van der Waals surface area contributed by atoms with Gasteiger partial charge in [-0.15, -0.1) is 0 Å². The first-order valence-corrected chi connectivity index (χ1v) is 6.49. The van der Waals surface area contributed by atoms with E-state index in [1.807, 2.05) is 0 Å². The maximum Gasteiger partial charge on any atom is 0.269 e. The molecule has 22 heavy (non-hydrogen) atoms. The minimum absolute atomic E-state index is 0.0479. The van der Waals surface area contributed by atoms with E-state index in [0.29, 0.717) is 5.69 Å². The Hall–Kier alpha value is -2.48. The van der Waals surface area contributed by atoms with Crippen molar-refractivity contribution in [1.82, 2.24) is 15.1 Å². The number of aliphatic hydroxyl groups is 1. The summed E-state index contributed by atoms with van der Waals surface area (Å²) < 4.78 is 32.2. The van der Waals surface area contributed by atoms with Crippen molar-refractivity contribution in [3.63, 3.8) is 0 Å². The zero-order valence-corrected chi connectivity index (χ0v) is 11.8. The Bertz CT molecular complexity index is 661. The largest absolute Gasteiger partial charge is 0.491 e. The summed E-state index contributed by atoms with van der Waals surface area (Å²) in [7, 11) is 1.62. The number of hydrogen-bond acceptors (Lipinski definition) is 4. The fourth-order valence-electron chi connectivity index (χ4n) is 1.72. The van der Waals surface area contributed by atoms with E-state index in [1.54, 1.807) is 13.1 Å². The molecule has 1 heterocycles. The molecule has 0 aliphatic heterocycles. The molecule has 2 aromatic rings. The Morgan fingerprint density at radius 2 is 2.18 bits per heavy atom. The molecule has 0 aliphatic carbocycles. The summed E-state index contributed by atoms with van der Waals surface area (Å²) in [5, 5.41) is 16.1. The van der Waals surface area contributed by atoms with Crippen molar-refractivity contribution in [2.45, 2.75) is 6.10 Å². The van der Waals surface area contributed by atoms with E-state index in [9.17, 15) is 18.7 Å². The molecule has 1 unspecified atom stereocenters. The highest BCUT2D eigenvalue weighted by molar-refractivity contribution is 5.92. The Labute approximate surface area is 125 Å². The number of halogens is 2. The summed E-state index contributed by atoms with van der Waals surface area (Å²) in [6, 6.07) is 4.61. The van der Waals surface area contributed by atoms with Crippen LogP contribution in [0.15, 0.2) is 30.5 Å². The monoisotopic (exact) mass is 311 g/mol. The number of carbonyl (C=O) groups excluding carboxylic acids is 1. The third-order valence-electron chi connectivity index (χ3n) is 2.89. The standard InChI is InChI=1S/C14H15F2N3O3/c1-19-13(4-5-18-19)14(21)17-7-9(20)8-22-10-2-3-11(15)12(16)6-10/h2-6,9,20H,7-8H2,1H3,(H,17,21). The van der Waals surface area contributed by atoms with Crippen LogP contribution in [0, 0.1) is 11.6 Å². The van der Waals surface area contributed by atoms with Gasteiger partial charge in [0.2, 0.25) is 0 Å². The molecule has 1 aromatic carbocycles. The van der Waals surface area contributed by atoms with Crippen LogP contribution in [-0.2, 0) is 7.05 Å². The van der Waals surface area contributed by atoms with E-state index in [2.05, 4.69) is 10.4 Å². The van der Waals surface area contributed by atoms with Crippen molar-refractivity contribution in [2.75, 3.05) is 13.2 Å². The SMILES string of the molecule is Cn1nccc1C(=O)NCC(O)COc1ccc(F)c(F)c1. The molecule has 1 aromatic heterocycles. The Kier molecular flexibility index (Phi) is 5.05. The molecule has 0 saturated carbocycles. The highest BCUT2D eigenvalue weighted by Crippen LogP contribution is 2.15. The molecular weight excluding hydrogens is 296 g/mol. The molecule has 0 saturated heterocycles. The molecule has 0 aliphatic rings. The number of hydrogen-bond donors (Lipinski definition) is 2. The molecule has 8 heteroatoms. The fraction of sp³-hybridized carbons (Fsp3) is 0.286. The number of aliphatic hydroxyl groups excluding tert-OH is 1. The van der Waals surface area contributed by atoms with Gasteiger partial charge in [-0.25, -0.2) is 8.78 Å². The van der Waals surface area contributed by atoms with E-state index in [1.165, 1.54) is 16.9 Å². The number of aryl methyl sites for hydroxylation is 1. The van der Waals surface area contributed by atoms with Gasteiger partial charge in [-0.2, -0.15) is 5.10 Å². The van der Waals surface area contributed by atoms with Gasteiger partial charge in [-0.3, -0.25) is 9.48 Å². The normalized spacial score (nSPS) is 12.0. The van der Waals surface area contributed by atoms with Crippen LogP contribution >= 0.6 is 0 Å². The van der Waals surface area contributed by atoms with Crippen molar-refractivity contribution in [1.29, 1.82) is 0 Å². The van der Waals surface area contributed by atoms with Crippen molar-refractivity contribution in [3.05, 3.63) is 47.8 Å². The molecule has 2 rings (SSSR count). The molecule has 1 atom stereocenters. The van der Waals surface area contributed by atoms with E-state index >= 15 is 0 Å². The number of carbonyl (C=O) groups is 1. The van der Waals surface area contributed by atoms with Gasteiger partial charge in [0.15, 0.2) is 11.6 Å². The molecule has 2 N–H and O–H groups in total. The lowest BCUT2D eigenvalue weighted by Crippen LogP contribution is -2.36. The number of amides is 1. The maximum atomic E-state index is 13.0. The maximum absolute atomic E-state index is 13.0. The lowest BCUT2D eigenvalue weighted by Gasteiger charge is -2.13. The van der Waals surface area contributed by atoms with E-state index in [0.717, 1.165) is 12.1 Å². The Balaban J connectivity index is 1.78. The fourth-order valence-corrected chi connectivity index (χ4v) is 1.72. The summed E-state index contributed by atoms with van der Waals surface area (Å²) in [5.41, 5.74) is 0.355. The van der Waals surface area contributed by atoms with Crippen LogP contribution in [0.25, 0.3) is 0 Å². The zero-order valence-electron chi connectivity index (χ0n) is 11.8. The first-order chi connectivity index (χ1) is 10.5. The highest BCUT2D eigenvalue weighted by Gasteiger charge is 2.12. The van der Waals surface area contributed by atoms with E-state index < -0.39 is 17.7 Å². The van der Waals surface area contributed by atoms with Gasteiger partial charge in [-0.05, 0) is 18.2 Å². The molecule has 6 nitrogen and oxygen atoms in total. The van der Waals surface area contributed by atoms with Crippen molar-refractivity contribution in [2.24, 2.45) is 7.05 Å². The Morgan fingerprint density at radius 3 is 2.82 bits per heavy atom. The number of rotatable bonds is 6. The first kappa shape index (κ1) is 15.9. The summed E-state index contributed by atoms with van der Waals surface area (Å²) in [5.74, 6) is -2.30. The summed E-state index contributed by atoms with van der Waals surface area (Å²) >= 11 is 0. The Morgan fingerprint density at radius 1 is 1.41 bits per heavy atom. The number of ether oxygens (including phenoxy) is 1. The van der Waals surface area contributed by atoms with Crippen LogP contribution in [-0.4, -0.2) is 40.0 Å². The first-order valence-electron chi connectivity index (χ1n) is 6.49. The average Bonchev–Trinajstić information content (AvgIpc) is 2.92. The average molecular weight is 311 g/mol. The summed E-state index contributed by atoms with van der Waals surface area (Å²) in [6.45, 7) is -0.218. The number of nitrogens with one attached hydrogen (secondary N) is 1. The smallest absolute Gasteiger partial charge is 0.269 e. The van der Waals surface area contributed by atoms with Gasteiger partial charge < -0.3 is 15.2 Å². The number of aromatic nitrogens is 2. The van der Waals surface area contributed by atoms with Gasteiger partial charge in [0.1, 0.15) is 24.2 Å². The topological polar surface area (TPSA) is 76.4 Å². The quantitative estimate of drug-likeness (QED) is 0.830. The van der Waals surface area contributed by atoms with Gasteiger partial charge in [0.05, 0.1) is 0 Å². The lowest BCUT2D eigenvalue weighted by molar-refractivity contribution is 0.0835. The van der Waals surface area contributed by atoms with Crippen molar-refractivity contribution >= 4 is 5.91 Å². The molecule has 1 amide bonds. The zero-order chi connectivity index (χ0) is 16.1. The summed E-state index contributed by atoms with van der Waals surface area (Å²) in [4.78, 5) is 11.8. The second kappa shape index (κ2) is 6.99. The lowest BCUT2D eigenvalue weighted by atomic mass is 10.3. The van der Waals surface area contributed by atoms with E-state index in [4.69, 9.17) is 4.74 Å². The molecule has 0 bridgehead atoms.